The van der Waals surface area contributed by atoms with Crippen LogP contribution in [-0.2, 0) is 11.4 Å². The Bertz CT molecular complexity index is 396. The molecule has 1 aromatic carbocycles. The lowest BCUT2D eigenvalue weighted by molar-refractivity contribution is -0.384. The lowest BCUT2D eigenvalue weighted by Crippen LogP contribution is -1.99. The molecule has 1 unspecified atom stereocenters. The summed E-state index contributed by atoms with van der Waals surface area (Å²) in [5, 5.41) is 10.3. The first-order valence-corrected chi connectivity index (χ1v) is 4.60. The van der Waals surface area contributed by atoms with Crippen molar-refractivity contribution in [3.8, 4) is 5.75 Å². The van der Waals surface area contributed by atoms with E-state index in [1.165, 1.54) is 6.07 Å². The smallest absolute Gasteiger partial charge is 0.273 e. The second-order valence-electron chi connectivity index (χ2n) is 2.16. The van der Waals surface area contributed by atoms with Crippen LogP contribution < -0.4 is 4.18 Å². The molecule has 0 bridgehead atoms. The number of nitro benzene ring substituents is 1. The Labute approximate surface area is 86.1 Å². The number of benzene rings is 1. The van der Waals surface area contributed by atoms with E-state index in [2.05, 4.69) is 4.18 Å². The Morgan fingerprint density at radius 3 is 2.64 bits per heavy atom. The lowest BCUT2D eigenvalue weighted by atomic mass is 10.3. The number of rotatable bonds is 3. The molecule has 14 heavy (non-hydrogen) atoms. The molecule has 0 amide bonds. The van der Waals surface area contributed by atoms with Gasteiger partial charge in [-0.1, -0.05) is 11.6 Å². The van der Waals surface area contributed by atoms with Crippen LogP contribution in [0.2, 0.25) is 5.02 Å². The summed E-state index contributed by atoms with van der Waals surface area (Å²) in [4.78, 5) is 9.62. The number of halogens is 1. The van der Waals surface area contributed by atoms with Crippen LogP contribution in [0.1, 0.15) is 0 Å². The predicted molar refractivity (Wildman–Crippen MR) is 47.7 cm³/mol. The van der Waals surface area contributed by atoms with Crippen LogP contribution >= 0.6 is 11.6 Å². The fourth-order valence-electron chi connectivity index (χ4n) is 0.743. The highest BCUT2D eigenvalue weighted by molar-refractivity contribution is 7.74. The van der Waals surface area contributed by atoms with Gasteiger partial charge in [-0.2, -0.15) is 0 Å². The molecule has 0 spiro atoms. The van der Waals surface area contributed by atoms with Crippen LogP contribution in [0.4, 0.5) is 5.69 Å². The molecule has 0 N–H and O–H groups in total. The second-order valence-corrected chi connectivity index (χ2v) is 3.14. The Balaban J connectivity index is 3.08. The minimum absolute atomic E-state index is 0.0141. The molecule has 0 fully saturated rings. The zero-order chi connectivity index (χ0) is 10.7. The van der Waals surface area contributed by atoms with Crippen molar-refractivity contribution < 1.29 is 17.9 Å². The summed E-state index contributed by atoms with van der Waals surface area (Å²) in [6, 6.07) is 3.25. The average Bonchev–Trinajstić information content (AvgIpc) is 2.07. The van der Waals surface area contributed by atoms with Gasteiger partial charge in [0.15, 0.2) is 5.75 Å². The van der Waals surface area contributed by atoms with E-state index in [-0.39, 0.29) is 16.5 Å². The Hall–Kier alpha value is -1.18. The van der Waals surface area contributed by atoms with Crippen LogP contribution in [0.5, 0.6) is 5.75 Å². The van der Waals surface area contributed by atoms with Crippen molar-refractivity contribution in [2.24, 2.45) is 0 Å². The van der Waals surface area contributed by atoms with Gasteiger partial charge in [0.2, 0.25) is 0 Å². The summed E-state index contributed by atoms with van der Waals surface area (Å²) in [5.41, 5.74) is -0.296. The van der Waals surface area contributed by atoms with Crippen LogP contribution in [-0.4, -0.2) is 13.7 Å². The van der Waals surface area contributed by atoms with Crippen molar-refractivity contribution in [2.45, 2.75) is 0 Å². The topological polar surface area (TPSA) is 92.5 Å². The summed E-state index contributed by atoms with van der Waals surface area (Å²) in [6.45, 7) is 0. The fourth-order valence-corrected chi connectivity index (χ4v) is 1.23. The van der Waals surface area contributed by atoms with Gasteiger partial charge < -0.3 is 8.74 Å². The predicted octanol–water partition coefficient (Wildman–Crippen LogP) is 1.42. The third-order valence-corrected chi connectivity index (χ3v) is 1.91. The number of hydrogen-bond donors (Lipinski definition) is 0. The van der Waals surface area contributed by atoms with Crippen LogP contribution in [0.15, 0.2) is 18.2 Å². The van der Waals surface area contributed by atoms with E-state index in [1.807, 2.05) is 0 Å². The molecule has 1 rings (SSSR count). The van der Waals surface area contributed by atoms with E-state index >= 15 is 0 Å². The maximum atomic E-state index is 10.3. The van der Waals surface area contributed by atoms with E-state index in [1.54, 1.807) is 0 Å². The second kappa shape index (κ2) is 4.36. The Kier molecular flexibility index (Phi) is 3.39. The molecule has 0 radical (unpaired) electrons. The summed E-state index contributed by atoms with van der Waals surface area (Å²) in [5.74, 6) is -0.269. The maximum Gasteiger partial charge on any atom is 0.273 e. The van der Waals surface area contributed by atoms with Crippen LogP contribution in [0, 0.1) is 10.1 Å². The number of nitro groups is 1. The quantitative estimate of drug-likeness (QED) is 0.450. The molecule has 76 valence electrons. The van der Waals surface area contributed by atoms with Crippen LogP contribution in [0.3, 0.4) is 0 Å². The molecular weight excluding hydrogens is 234 g/mol. The standard InChI is InChI=1S/C6H4ClNO5S/c7-5-2-1-4(8(9)10)3-6(5)13-14(11)12/h1-3H,(H,11,12)/p-1. The highest BCUT2D eigenvalue weighted by atomic mass is 35.5. The van der Waals surface area contributed by atoms with Crippen molar-refractivity contribution >= 4 is 28.6 Å². The van der Waals surface area contributed by atoms with Crippen molar-refractivity contribution in [3.63, 3.8) is 0 Å². The van der Waals surface area contributed by atoms with Gasteiger partial charge in [-0.25, -0.2) is 4.21 Å². The minimum Gasteiger partial charge on any atom is -0.740 e. The zero-order valence-corrected chi connectivity index (χ0v) is 8.08. The molecule has 8 heteroatoms. The molecule has 0 aromatic heterocycles. The van der Waals surface area contributed by atoms with Gasteiger partial charge in [-0.05, 0) is 6.07 Å². The molecule has 0 saturated carbocycles. The molecule has 1 atom stereocenters. The Morgan fingerprint density at radius 2 is 2.14 bits per heavy atom. The lowest BCUT2D eigenvalue weighted by Gasteiger charge is -2.07. The summed E-state index contributed by atoms with van der Waals surface area (Å²) in [7, 11) is 0. The van der Waals surface area contributed by atoms with Gasteiger partial charge in [0.1, 0.15) is 11.4 Å². The van der Waals surface area contributed by atoms with Crippen molar-refractivity contribution in [2.75, 3.05) is 0 Å². The monoisotopic (exact) mass is 236 g/mol. The number of nitrogens with zero attached hydrogens (tertiary/aromatic N) is 1. The molecule has 0 aliphatic heterocycles. The summed E-state index contributed by atoms with van der Waals surface area (Å²) in [6.07, 6.45) is 0. The average molecular weight is 237 g/mol. The van der Waals surface area contributed by atoms with Crippen LogP contribution in [0.25, 0.3) is 0 Å². The molecule has 0 aliphatic carbocycles. The first-order valence-electron chi connectivity index (χ1n) is 3.22. The van der Waals surface area contributed by atoms with E-state index < -0.39 is 16.3 Å². The van der Waals surface area contributed by atoms with Gasteiger partial charge in [-0.3, -0.25) is 10.1 Å². The summed E-state index contributed by atoms with van der Waals surface area (Å²) >= 11 is 2.72. The van der Waals surface area contributed by atoms with E-state index in [4.69, 9.17) is 11.6 Å². The molecule has 0 aliphatic rings. The molecule has 0 saturated heterocycles. The van der Waals surface area contributed by atoms with Crippen molar-refractivity contribution in [3.05, 3.63) is 33.3 Å². The minimum atomic E-state index is -2.81. The van der Waals surface area contributed by atoms with Crippen molar-refractivity contribution in [1.29, 1.82) is 0 Å². The molecule has 6 nitrogen and oxygen atoms in total. The molecule has 0 heterocycles. The third kappa shape index (κ3) is 2.66. The largest absolute Gasteiger partial charge is 0.740 e. The highest BCUT2D eigenvalue weighted by Crippen LogP contribution is 2.29. The SMILES string of the molecule is O=[N+]([O-])c1ccc(Cl)c(OS(=O)[O-])c1. The number of hydrogen-bond acceptors (Lipinski definition) is 5. The first-order chi connectivity index (χ1) is 6.50. The zero-order valence-electron chi connectivity index (χ0n) is 6.51. The normalized spacial score (nSPS) is 12.1. The van der Waals surface area contributed by atoms with Gasteiger partial charge >= 0.3 is 0 Å². The maximum absolute atomic E-state index is 10.3. The van der Waals surface area contributed by atoms with Gasteiger partial charge in [0, 0.05) is 6.07 Å². The third-order valence-electron chi connectivity index (χ3n) is 1.28. The van der Waals surface area contributed by atoms with Gasteiger partial charge in [-0.15, -0.1) is 0 Å². The first kappa shape index (κ1) is 10.9. The van der Waals surface area contributed by atoms with E-state index in [0.29, 0.717) is 0 Å². The highest BCUT2D eigenvalue weighted by Gasteiger charge is 2.10. The van der Waals surface area contributed by atoms with Gasteiger partial charge in [0.25, 0.3) is 5.69 Å². The van der Waals surface area contributed by atoms with E-state index in [0.717, 1.165) is 12.1 Å². The van der Waals surface area contributed by atoms with E-state index in [9.17, 15) is 18.9 Å². The molecule has 1 aromatic rings. The van der Waals surface area contributed by atoms with Gasteiger partial charge in [0.05, 0.1) is 16.0 Å². The van der Waals surface area contributed by atoms with Crippen molar-refractivity contribution in [1.82, 2.24) is 0 Å². The fraction of sp³-hybridized carbons (Fsp3) is 0. The summed E-state index contributed by atoms with van der Waals surface area (Å²) < 4.78 is 24.5. The number of non-ortho nitro benzene ring substituents is 1. The Morgan fingerprint density at radius 1 is 1.50 bits per heavy atom. The molecular formula is C6H3ClNO5S-.